The number of alkyl halides is 4. The monoisotopic (exact) mass is 343 g/mol. The van der Waals surface area contributed by atoms with Crippen molar-refractivity contribution < 1.29 is 21.6 Å². The van der Waals surface area contributed by atoms with Crippen LogP contribution in [0.2, 0.25) is 0 Å². The van der Waals surface area contributed by atoms with E-state index in [2.05, 4.69) is 5.32 Å². The number of anilines is 1. The number of sulfone groups is 1. The smallest absolute Gasteiger partial charge is 0.385 e. The van der Waals surface area contributed by atoms with Gasteiger partial charge in [-0.1, -0.05) is 12.8 Å². The molecule has 0 aliphatic rings. The highest BCUT2D eigenvalue weighted by Gasteiger charge is 2.46. The third-order valence-corrected chi connectivity index (χ3v) is 4.63. The molecule has 3 nitrogen and oxygen atoms in total. The molecule has 0 aromatic heterocycles. The summed E-state index contributed by atoms with van der Waals surface area (Å²) < 4.78 is 59.4. The lowest BCUT2D eigenvalue weighted by molar-refractivity contribution is -0.0436. The molecule has 1 aromatic carbocycles. The molecule has 0 saturated carbocycles. The van der Waals surface area contributed by atoms with E-state index in [0.717, 1.165) is 37.8 Å². The predicted octanol–water partition coefficient (Wildman–Crippen LogP) is 4.19. The van der Waals surface area contributed by atoms with E-state index in [-0.39, 0.29) is 0 Å². The Morgan fingerprint density at radius 2 is 1.57 bits per heavy atom. The number of rotatable bonds is 8. The highest BCUT2D eigenvalue weighted by atomic mass is 35.5. The van der Waals surface area contributed by atoms with Crippen molar-refractivity contribution in [3.8, 4) is 0 Å². The average Bonchev–Trinajstić information content (AvgIpc) is 2.42. The molecule has 0 aliphatic carbocycles. The van der Waals surface area contributed by atoms with Gasteiger partial charge in [0.05, 0.1) is 4.90 Å². The van der Waals surface area contributed by atoms with Gasteiger partial charge in [0.1, 0.15) is 0 Å². The maximum atomic E-state index is 12.4. The fourth-order valence-electron chi connectivity index (χ4n) is 1.69. The molecule has 0 fully saturated rings. The van der Waals surface area contributed by atoms with E-state index in [0.29, 0.717) is 18.1 Å². The number of unbranched alkanes of at least 4 members (excludes halogenated alkanes) is 3. The molecule has 0 atom stereocenters. The van der Waals surface area contributed by atoms with Crippen LogP contribution in [-0.2, 0) is 9.84 Å². The zero-order valence-corrected chi connectivity index (χ0v) is 12.9. The van der Waals surface area contributed by atoms with Crippen molar-refractivity contribution in [3.63, 3.8) is 0 Å². The largest absolute Gasteiger partial charge is 0.501 e. The first-order chi connectivity index (χ1) is 9.79. The highest BCUT2D eigenvalue weighted by molar-refractivity contribution is 7.92. The van der Waals surface area contributed by atoms with Gasteiger partial charge in [-0.2, -0.15) is 13.2 Å². The SMILES string of the molecule is O=S(=O)(c1ccc(NCCCCCCCl)cc1)C(F)(F)F. The summed E-state index contributed by atoms with van der Waals surface area (Å²) in [6.07, 6.45) is 3.93. The van der Waals surface area contributed by atoms with E-state index < -0.39 is 20.2 Å². The van der Waals surface area contributed by atoms with Gasteiger partial charge >= 0.3 is 5.51 Å². The molecule has 0 amide bonds. The zero-order valence-electron chi connectivity index (χ0n) is 11.3. The average molecular weight is 344 g/mol. The van der Waals surface area contributed by atoms with E-state index in [4.69, 9.17) is 11.6 Å². The number of nitrogens with one attached hydrogen (secondary N) is 1. The fourth-order valence-corrected chi connectivity index (χ4v) is 2.64. The van der Waals surface area contributed by atoms with Crippen molar-refractivity contribution >= 4 is 27.1 Å². The molecule has 0 saturated heterocycles. The Balaban J connectivity index is 2.52. The van der Waals surface area contributed by atoms with Crippen LogP contribution in [0.25, 0.3) is 0 Å². The second-order valence-corrected chi connectivity index (χ2v) is 6.82. The Hall–Kier alpha value is -0.950. The van der Waals surface area contributed by atoms with Crippen molar-refractivity contribution in [1.29, 1.82) is 0 Å². The van der Waals surface area contributed by atoms with Crippen LogP contribution < -0.4 is 5.32 Å². The Labute approximate surface area is 127 Å². The number of hydrogen-bond donors (Lipinski definition) is 1. The third-order valence-electron chi connectivity index (χ3n) is 2.86. The van der Waals surface area contributed by atoms with Gasteiger partial charge in [0.2, 0.25) is 0 Å². The first kappa shape index (κ1) is 18.1. The quantitative estimate of drug-likeness (QED) is 0.568. The fraction of sp³-hybridized carbons (Fsp3) is 0.538. The maximum Gasteiger partial charge on any atom is 0.501 e. The van der Waals surface area contributed by atoms with Crippen LogP contribution in [0.1, 0.15) is 25.7 Å². The minimum absolute atomic E-state index is 0.591. The summed E-state index contributed by atoms with van der Waals surface area (Å²) in [5.74, 6) is 0.641. The van der Waals surface area contributed by atoms with Gasteiger partial charge in [0, 0.05) is 18.1 Å². The number of halogens is 4. The van der Waals surface area contributed by atoms with Gasteiger partial charge in [0.25, 0.3) is 9.84 Å². The van der Waals surface area contributed by atoms with Gasteiger partial charge in [-0.15, -0.1) is 11.6 Å². The normalized spacial score (nSPS) is 12.4. The summed E-state index contributed by atoms with van der Waals surface area (Å²) in [5, 5.41) is 3.03. The van der Waals surface area contributed by atoms with Gasteiger partial charge in [-0.05, 0) is 37.1 Å². The molecule has 1 N–H and O–H groups in total. The Morgan fingerprint density at radius 1 is 1.00 bits per heavy atom. The molecule has 1 rings (SSSR count). The first-order valence-electron chi connectivity index (χ1n) is 6.50. The summed E-state index contributed by atoms with van der Waals surface area (Å²) in [5.41, 5.74) is -4.68. The first-order valence-corrected chi connectivity index (χ1v) is 8.52. The lowest BCUT2D eigenvalue weighted by Gasteiger charge is -2.10. The molecule has 21 heavy (non-hydrogen) atoms. The van der Waals surface area contributed by atoms with Crippen LogP contribution in [0.15, 0.2) is 29.2 Å². The van der Waals surface area contributed by atoms with Crippen molar-refractivity contribution in [2.75, 3.05) is 17.7 Å². The standard InChI is InChI=1S/C13H17ClF3NO2S/c14-9-3-1-2-4-10-18-11-5-7-12(8-6-11)21(19,20)13(15,16)17/h5-8,18H,1-4,9-10H2. The maximum absolute atomic E-state index is 12.4. The number of benzene rings is 1. The van der Waals surface area contributed by atoms with Crippen molar-refractivity contribution in [3.05, 3.63) is 24.3 Å². The van der Waals surface area contributed by atoms with Gasteiger partial charge in [-0.25, -0.2) is 8.42 Å². The number of hydrogen-bond acceptors (Lipinski definition) is 3. The molecule has 0 spiro atoms. The van der Waals surface area contributed by atoms with Crippen molar-refractivity contribution in [2.24, 2.45) is 0 Å². The summed E-state index contributed by atoms with van der Waals surface area (Å²) >= 11 is 5.55. The predicted molar refractivity (Wildman–Crippen MR) is 77.4 cm³/mol. The zero-order chi connectivity index (χ0) is 15.9. The second kappa shape index (κ2) is 7.89. The molecule has 0 heterocycles. The van der Waals surface area contributed by atoms with Crippen LogP contribution in [0.3, 0.4) is 0 Å². The lowest BCUT2D eigenvalue weighted by atomic mass is 10.2. The van der Waals surface area contributed by atoms with Crippen LogP contribution >= 0.6 is 11.6 Å². The minimum Gasteiger partial charge on any atom is -0.385 e. The summed E-state index contributed by atoms with van der Waals surface area (Å²) in [7, 11) is -5.27. The van der Waals surface area contributed by atoms with Crippen LogP contribution in [0, 0.1) is 0 Å². The Bertz CT molecular complexity index is 529. The summed E-state index contributed by atoms with van der Waals surface area (Å²) in [6.45, 7) is 0.674. The van der Waals surface area contributed by atoms with Crippen LogP contribution in [-0.4, -0.2) is 26.4 Å². The van der Waals surface area contributed by atoms with Crippen molar-refractivity contribution in [2.45, 2.75) is 36.1 Å². The molecule has 0 radical (unpaired) electrons. The van der Waals surface area contributed by atoms with E-state index in [1.165, 1.54) is 12.1 Å². The Morgan fingerprint density at radius 3 is 2.10 bits per heavy atom. The van der Waals surface area contributed by atoms with Gasteiger partial charge < -0.3 is 5.32 Å². The third kappa shape index (κ3) is 5.39. The molecule has 0 unspecified atom stereocenters. The molecule has 0 aliphatic heterocycles. The lowest BCUT2D eigenvalue weighted by Crippen LogP contribution is -2.23. The summed E-state index contributed by atoms with van der Waals surface area (Å²) in [6, 6.07) is 4.58. The van der Waals surface area contributed by atoms with Crippen LogP contribution in [0.5, 0.6) is 0 Å². The van der Waals surface area contributed by atoms with Gasteiger partial charge in [-0.3, -0.25) is 0 Å². The molecule has 1 aromatic rings. The highest BCUT2D eigenvalue weighted by Crippen LogP contribution is 2.30. The molecular weight excluding hydrogens is 327 g/mol. The molecule has 120 valence electrons. The van der Waals surface area contributed by atoms with Gasteiger partial charge in [0.15, 0.2) is 0 Å². The molecule has 0 bridgehead atoms. The second-order valence-electron chi connectivity index (χ2n) is 4.50. The van der Waals surface area contributed by atoms with E-state index in [9.17, 15) is 21.6 Å². The minimum atomic E-state index is -5.27. The molecular formula is C13H17ClF3NO2S. The topological polar surface area (TPSA) is 46.2 Å². The molecule has 8 heteroatoms. The van der Waals surface area contributed by atoms with Crippen molar-refractivity contribution in [1.82, 2.24) is 0 Å². The van der Waals surface area contributed by atoms with E-state index >= 15 is 0 Å². The van der Waals surface area contributed by atoms with Crippen LogP contribution in [0.4, 0.5) is 18.9 Å². The summed E-state index contributed by atoms with van der Waals surface area (Å²) in [4.78, 5) is -0.748. The Kier molecular flexibility index (Phi) is 6.80. The van der Waals surface area contributed by atoms with E-state index in [1.807, 2.05) is 0 Å². The van der Waals surface area contributed by atoms with E-state index in [1.54, 1.807) is 0 Å².